The number of nitrogens with one attached hydrogen (secondary N) is 1. The number of anilines is 1. The van der Waals surface area contributed by atoms with Gasteiger partial charge in [0.2, 0.25) is 0 Å². The number of para-hydroxylation sites is 1. The molecule has 1 aromatic heterocycles. The summed E-state index contributed by atoms with van der Waals surface area (Å²) in [5, 5.41) is 0. The van der Waals surface area contributed by atoms with Gasteiger partial charge in [0.05, 0.1) is 5.69 Å². The van der Waals surface area contributed by atoms with Crippen LogP contribution in [0.15, 0.2) is 66.9 Å². The Kier molecular flexibility index (Phi) is 7.51. The highest BCUT2D eigenvalue weighted by molar-refractivity contribution is 5.85. The van der Waals surface area contributed by atoms with Crippen LogP contribution in [0.4, 0.5) is 5.69 Å². The van der Waals surface area contributed by atoms with Crippen LogP contribution in [0.25, 0.3) is 11.4 Å². The van der Waals surface area contributed by atoms with Crippen molar-refractivity contribution in [2.75, 3.05) is 31.1 Å². The topological polar surface area (TPSA) is 35.2 Å². The van der Waals surface area contributed by atoms with Crippen molar-refractivity contribution in [3.8, 4) is 11.4 Å². The molecule has 0 saturated carbocycles. The van der Waals surface area contributed by atoms with E-state index in [1.165, 1.54) is 5.69 Å². The number of hydrogen-bond donors (Lipinski definition) is 1. The Morgan fingerprint density at radius 1 is 0.808 bits per heavy atom. The molecular formula is C20H24Cl2N4. The number of halogens is 2. The maximum Gasteiger partial charge on any atom is 0.137 e. The molecule has 2 heterocycles. The predicted octanol–water partition coefficient (Wildman–Crippen LogP) is 4.24. The highest BCUT2D eigenvalue weighted by atomic mass is 35.5. The van der Waals surface area contributed by atoms with Crippen LogP contribution in [0, 0.1) is 0 Å². The number of imidazole rings is 1. The summed E-state index contributed by atoms with van der Waals surface area (Å²) in [4.78, 5) is 13.0. The van der Waals surface area contributed by atoms with Crippen LogP contribution in [-0.2, 0) is 6.54 Å². The van der Waals surface area contributed by atoms with Crippen molar-refractivity contribution in [3.05, 3.63) is 72.6 Å². The number of piperazine rings is 1. The fourth-order valence-electron chi connectivity index (χ4n) is 3.22. The van der Waals surface area contributed by atoms with E-state index in [4.69, 9.17) is 4.98 Å². The van der Waals surface area contributed by atoms with Crippen LogP contribution >= 0.6 is 24.8 Å². The Hall–Kier alpha value is -2.01. The number of hydrogen-bond acceptors (Lipinski definition) is 3. The zero-order valence-corrected chi connectivity index (χ0v) is 16.2. The van der Waals surface area contributed by atoms with Crippen LogP contribution in [0.5, 0.6) is 0 Å². The van der Waals surface area contributed by atoms with Crippen molar-refractivity contribution >= 4 is 30.5 Å². The van der Waals surface area contributed by atoms with Gasteiger partial charge in [-0.2, -0.15) is 0 Å². The van der Waals surface area contributed by atoms with Gasteiger partial charge in [0.25, 0.3) is 0 Å². The standard InChI is InChI=1S/C20H22N4.2ClH/c1-3-7-17(8-4-1)20-21-15-18(22-20)16-23-11-13-24(14-12-23)19-9-5-2-6-10-19;;/h1-10,15H,11-14,16H2,(H,21,22);2*1H. The molecule has 1 aliphatic rings. The van der Waals surface area contributed by atoms with E-state index in [2.05, 4.69) is 57.2 Å². The highest BCUT2D eigenvalue weighted by Gasteiger charge is 2.18. The lowest BCUT2D eigenvalue weighted by Crippen LogP contribution is -2.46. The minimum atomic E-state index is 0. The minimum absolute atomic E-state index is 0. The second kappa shape index (κ2) is 9.62. The summed E-state index contributed by atoms with van der Waals surface area (Å²) in [5.41, 5.74) is 3.57. The van der Waals surface area contributed by atoms with Gasteiger partial charge in [0.1, 0.15) is 5.82 Å². The zero-order valence-electron chi connectivity index (χ0n) is 14.5. The molecule has 0 radical (unpaired) electrons. The molecule has 26 heavy (non-hydrogen) atoms. The number of benzene rings is 2. The summed E-state index contributed by atoms with van der Waals surface area (Å²) in [6.07, 6.45) is 2.03. The molecule has 4 rings (SSSR count). The molecular weight excluding hydrogens is 367 g/mol. The number of nitrogens with zero attached hydrogens (tertiary/aromatic N) is 3. The Labute approximate surface area is 167 Å². The first-order chi connectivity index (χ1) is 11.9. The first-order valence-electron chi connectivity index (χ1n) is 8.50. The molecule has 0 amide bonds. The van der Waals surface area contributed by atoms with Crippen molar-refractivity contribution in [2.45, 2.75) is 6.54 Å². The fraction of sp³-hybridized carbons (Fsp3) is 0.250. The third-order valence-electron chi connectivity index (χ3n) is 4.56. The lowest BCUT2D eigenvalue weighted by atomic mass is 10.2. The van der Waals surface area contributed by atoms with Gasteiger partial charge in [-0.3, -0.25) is 4.90 Å². The number of aromatic amines is 1. The monoisotopic (exact) mass is 390 g/mol. The van der Waals surface area contributed by atoms with Crippen LogP contribution < -0.4 is 4.90 Å². The molecule has 138 valence electrons. The van der Waals surface area contributed by atoms with Gasteiger partial charge in [-0.05, 0) is 12.1 Å². The average molecular weight is 391 g/mol. The summed E-state index contributed by atoms with van der Waals surface area (Å²) < 4.78 is 0. The summed E-state index contributed by atoms with van der Waals surface area (Å²) in [5.74, 6) is 0.952. The summed E-state index contributed by atoms with van der Waals surface area (Å²) in [7, 11) is 0. The Bertz CT molecular complexity index is 769. The van der Waals surface area contributed by atoms with Crippen molar-refractivity contribution < 1.29 is 0 Å². The summed E-state index contributed by atoms with van der Waals surface area (Å²) in [6.45, 7) is 5.19. The van der Waals surface area contributed by atoms with Crippen LogP contribution in [-0.4, -0.2) is 41.0 Å². The van der Waals surface area contributed by atoms with Gasteiger partial charge in [-0.15, -0.1) is 24.8 Å². The maximum absolute atomic E-state index is 4.74. The van der Waals surface area contributed by atoms with E-state index in [9.17, 15) is 0 Å². The maximum atomic E-state index is 4.74. The quantitative estimate of drug-likeness (QED) is 0.723. The van der Waals surface area contributed by atoms with E-state index in [1.54, 1.807) is 0 Å². The van der Waals surface area contributed by atoms with E-state index >= 15 is 0 Å². The molecule has 1 N–H and O–H groups in total. The van der Waals surface area contributed by atoms with Gasteiger partial charge in [0.15, 0.2) is 0 Å². The molecule has 0 spiro atoms. The van der Waals surface area contributed by atoms with E-state index in [-0.39, 0.29) is 24.8 Å². The number of H-pyrrole nitrogens is 1. The molecule has 3 aromatic rings. The molecule has 2 aromatic carbocycles. The molecule has 0 aliphatic carbocycles. The molecule has 4 nitrogen and oxygen atoms in total. The molecule has 0 atom stereocenters. The largest absolute Gasteiger partial charge is 0.369 e. The van der Waals surface area contributed by atoms with E-state index in [0.29, 0.717) is 0 Å². The third kappa shape index (κ3) is 4.79. The molecule has 1 saturated heterocycles. The lowest BCUT2D eigenvalue weighted by Gasteiger charge is -2.35. The van der Waals surface area contributed by atoms with Gasteiger partial charge in [0, 0.05) is 50.2 Å². The Balaban J connectivity index is 0.00000121. The van der Waals surface area contributed by atoms with Gasteiger partial charge < -0.3 is 9.88 Å². The molecule has 6 heteroatoms. The smallest absolute Gasteiger partial charge is 0.137 e. The van der Waals surface area contributed by atoms with Crippen LogP contribution in [0.3, 0.4) is 0 Å². The van der Waals surface area contributed by atoms with E-state index < -0.39 is 0 Å². The van der Waals surface area contributed by atoms with Crippen LogP contribution in [0.2, 0.25) is 0 Å². The molecule has 1 aliphatic heterocycles. The molecule has 0 bridgehead atoms. The minimum Gasteiger partial charge on any atom is -0.369 e. The second-order valence-corrected chi connectivity index (χ2v) is 6.21. The summed E-state index contributed by atoms with van der Waals surface area (Å²) in [6, 6.07) is 20.9. The lowest BCUT2D eigenvalue weighted by molar-refractivity contribution is 0.247. The van der Waals surface area contributed by atoms with Crippen molar-refractivity contribution in [3.63, 3.8) is 0 Å². The van der Waals surface area contributed by atoms with Crippen molar-refractivity contribution in [1.29, 1.82) is 0 Å². The second-order valence-electron chi connectivity index (χ2n) is 6.21. The molecule has 0 unspecified atom stereocenters. The first-order valence-corrected chi connectivity index (χ1v) is 8.50. The van der Waals surface area contributed by atoms with Gasteiger partial charge in [-0.1, -0.05) is 48.5 Å². The summed E-state index contributed by atoms with van der Waals surface area (Å²) >= 11 is 0. The fourth-order valence-corrected chi connectivity index (χ4v) is 3.22. The number of rotatable bonds is 4. The van der Waals surface area contributed by atoms with Gasteiger partial charge in [-0.25, -0.2) is 4.98 Å². The predicted molar refractivity (Wildman–Crippen MR) is 112 cm³/mol. The third-order valence-corrected chi connectivity index (χ3v) is 4.56. The van der Waals surface area contributed by atoms with Crippen molar-refractivity contribution in [1.82, 2.24) is 14.9 Å². The van der Waals surface area contributed by atoms with Gasteiger partial charge >= 0.3 is 0 Å². The van der Waals surface area contributed by atoms with Crippen molar-refractivity contribution in [2.24, 2.45) is 0 Å². The highest BCUT2D eigenvalue weighted by Crippen LogP contribution is 2.18. The SMILES string of the molecule is Cl.Cl.c1ccc(-c2nc(CN3CCN(c4ccccc4)CC3)c[nH]2)cc1. The molecule has 1 fully saturated rings. The number of aromatic nitrogens is 2. The first kappa shape index (κ1) is 20.3. The Morgan fingerprint density at radius 3 is 2.08 bits per heavy atom. The van der Waals surface area contributed by atoms with E-state index in [0.717, 1.165) is 49.8 Å². The average Bonchev–Trinajstić information content (AvgIpc) is 3.12. The van der Waals surface area contributed by atoms with Crippen LogP contribution in [0.1, 0.15) is 5.69 Å². The van der Waals surface area contributed by atoms with E-state index in [1.807, 2.05) is 24.4 Å². The Morgan fingerprint density at radius 2 is 1.42 bits per heavy atom. The zero-order chi connectivity index (χ0) is 16.2. The normalized spacial score (nSPS) is 14.4.